The lowest BCUT2D eigenvalue weighted by Gasteiger charge is -2.45. The Balaban J connectivity index is 2.37. The minimum absolute atomic E-state index is 0.109. The Morgan fingerprint density at radius 1 is 1.53 bits per heavy atom. The summed E-state index contributed by atoms with van der Waals surface area (Å²) in [5.41, 5.74) is 4.98. The summed E-state index contributed by atoms with van der Waals surface area (Å²) >= 11 is 3.65. The van der Waals surface area contributed by atoms with E-state index in [9.17, 15) is 9.90 Å². The third kappa shape index (κ3) is 1.30. The van der Waals surface area contributed by atoms with E-state index in [0.29, 0.717) is 6.42 Å². The minimum atomic E-state index is -0.391. The normalized spacial score (nSPS) is 47.1. The second-order valence-corrected chi connectivity index (χ2v) is 7.34. The van der Waals surface area contributed by atoms with E-state index in [2.05, 4.69) is 15.9 Å². The molecule has 0 aromatic carbocycles. The average Bonchev–Trinajstić information content (AvgIpc) is 2.48. The lowest BCUT2D eigenvalue weighted by atomic mass is 9.62. The highest BCUT2D eigenvalue weighted by atomic mass is 79.9. The molecule has 0 spiro atoms. The fraction of sp³-hybridized carbons (Fsp3) is 0.909. The molecule has 1 amide bonds. The number of carbonyl (C=O) groups excluding carboxylic acids is 1. The van der Waals surface area contributed by atoms with Crippen molar-refractivity contribution < 1.29 is 9.90 Å². The van der Waals surface area contributed by atoms with Gasteiger partial charge in [0.25, 0.3) is 0 Å². The van der Waals surface area contributed by atoms with Crippen LogP contribution in [0.5, 0.6) is 0 Å². The van der Waals surface area contributed by atoms with Crippen molar-refractivity contribution in [2.45, 2.75) is 50.0 Å². The lowest BCUT2D eigenvalue weighted by Crippen LogP contribution is -2.47. The molecule has 0 aromatic heterocycles. The van der Waals surface area contributed by atoms with Gasteiger partial charge in [0.2, 0.25) is 5.91 Å². The molecule has 2 fully saturated rings. The van der Waals surface area contributed by atoms with Gasteiger partial charge in [0.1, 0.15) is 0 Å². The van der Waals surface area contributed by atoms with E-state index >= 15 is 0 Å². The number of fused-ring (bicyclic) bond motifs is 2. The number of amides is 1. The summed E-state index contributed by atoms with van der Waals surface area (Å²) in [6.07, 6.45) is 2.77. The van der Waals surface area contributed by atoms with Crippen molar-refractivity contribution in [3.05, 3.63) is 0 Å². The van der Waals surface area contributed by atoms with Gasteiger partial charge in [-0.15, -0.1) is 0 Å². The first-order chi connectivity index (χ1) is 6.74. The Kier molecular flexibility index (Phi) is 2.26. The van der Waals surface area contributed by atoms with Crippen molar-refractivity contribution in [2.75, 3.05) is 0 Å². The van der Waals surface area contributed by atoms with Crippen LogP contribution in [0.1, 0.15) is 39.5 Å². The molecule has 0 aromatic rings. The third-order valence-corrected chi connectivity index (χ3v) is 5.82. The van der Waals surface area contributed by atoms with E-state index in [1.165, 1.54) is 0 Å². The molecule has 2 saturated carbocycles. The molecule has 86 valence electrons. The van der Waals surface area contributed by atoms with Crippen LogP contribution < -0.4 is 5.73 Å². The molecule has 2 aliphatic carbocycles. The highest BCUT2D eigenvalue weighted by molar-refractivity contribution is 9.10. The first-order valence-corrected chi connectivity index (χ1v) is 6.18. The Morgan fingerprint density at radius 3 is 2.53 bits per heavy atom. The number of halogens is 1. The standard InChI is InChI=1S/C11H18BrNO2/c1-9(2)8(15)11(12)4-3-10(9,6-11)5-7(13)14/h8,15H,3-6H2,1-2H3,(H2,13,14)/t8-,10-,11-/m0/s1. The van der Waals surface area contributed by atoms with Crippen LogP contribution in [0.3, 0.4) is 0 Å². The van der Waals surface area contributed by atoms with Gasteiger partial charge in [-0.1, -0.05) is 29.8 Å². The number of hydrogen-bond donors (Lipinski definition) is 2. The van der Waals surface area contributed by atoms with Gasteiger partial charge in [0, 0.05) is 6.42 Å². The summed E-state index contributed by atoms with van der Waals surface area (Å²) < 4.78 is -0.189. The van der Waals surface area contributed by atoms with Gasteiger partial charge in [-0.3, -0.25) is 4.79 Å². The second-order valence-electron chi connectivity index (χ2n) is 5.76. The number of primary amides is 1. The maximum atomic E-state index is 11.2. The molecule has 3 atom stereocenters. The van der Waals surface area contributed by atoms with E-state index < -0.39 is 6.10 Å². The van der Waals surface area contributed by atoms with Crippen LogP contribution in [0.4, 0.5) is 0 Å². The van der Waals surface area contributed by atoms with Crippen LogP contribution in [0.15, 0.2) is 0 Å². The maximum Gasteiger partial charge on any atom is 0.217 e. The van der Waals surface area contributed by atoms with Gasteiger partial charge in [-0.25, -0.2) is 0 Å². The zero-order valence-electron chi connectivity index (χ0n) is 9.22. The molecular weight excluding hydrogens is 258 g/mol. The molecule has 0 heterocycles. The molecule has 2 bridgehead atoms. The van der Waals surface area contributed by atoms with Gasteiger partial charge in [0.05, 0.1) is 10.4 Å². The molecule has 0 unspecified atom stereocenters. The molecule has 15 heavy (non-hydrogen) atoms. The molecule has 0 radical (unpaired) electrons. The number of rotatable bonds is 2. The van der Waals surface area contributed by atoms with Crippen molar-refractivity contribution in [3.8, 4) is 0 Å². The average molecular weight is 276 g/mol. The number of carbonyl (C=O) groups is 1. The summed E-state index contributed by atoms with van der Waals surface area (Å²) in [6, 6.07) is 0. The number of aliphatic hydroxyl groups excluding tert-OH is 1. The molecule has 0 saturated heterocycles. The van der Waals surface area contributed by atoms with Crippen molar-refractivity contribution >= 4 is 21.8 Å². The SMILES string of the molecule is CC1(C)[C@H](O)[C@]2(Br)CC[C@]1(CC(N)=O)C2. The number of alkyl halides is 1. The van der Waals surface area contributed by atoms with Crippen molar-refractivity contribution in [1.82, 2.24) is 0 Å². The fourth-order valence-electron chi connectivity index (χ4n) is 3.62. The molecule has 0 aliphatic heterocycles. The molecule has 2 rings (SSSR count). The summed E-state index contributed by atoms with van der Waals surface area (Å²) in [5.74, 6) is -0.256. The van der Waals surface area contributed by atoms with Crippen molar-refractivity contribution in [3.63, 3.8) is 0 Å². The van der Waals surface area contributed by atoms with Crippen molar-refractivity contribution in [2.24, 2.45) is 16.6 Å². The highest BCUT2D eigenvalue weighted by Gasteiger charge is 2.68. The zero-order chi connectivity index (χ0) is 11.5. The molecular formula is C11H18BrNO2. The largest absolute Gasteiger partial charge is 0.391 e. The van der Waals surface area contributed by atoms with Gasteiger partial charge in [-0.05, 0) is 30.1 Å². The van der Waals surface area contributed by atoms with E-state index in [1.54, 1.807) is 0 Å². The monoisotopic (exact) mass is 275 g/mol. The predicted octanol–water partition coefficient (Wildman–Crippen LogP) is 1.57. The van der Waals surface area contributed by atoms with Crippen molar-refractivity contribution in [1.29, 1.82) is 0 Å². The summed E-state index contributed by atoms with van der Waals surface area (Å²) in [6.45, 7) is 4.09. The van der Waals surface area contributed by atoms with E-state index in [4.69, 9.17) is 5.73 Å². The second kappa shape index (κ2) is 2.98. The Labute approximate surface area is 98.5 Å². The first kappa shape index (κ1) is 11.4. The van der Waals surface area contributed by atoms with Crippen LogP contribution in [0.2, 0.25) is 0 Å². The van der Waals surface area contributed by atoms with E-state index in [1.807, 2.05) is 13.8 Å². The van der Waals surface area contributed by atoms with Gasteiger partial charge in [-0.2, -0.15) is 0 Å². The summed E-state index contributed by atoms with van der Waals surface area (Å²) in [5, 5.41) is 10.3. The van der Waals surface area contributed by atoms with Gasteiger partial charge < -0.3 is 10.8 Å². The Morgan fingerprint density at radius 2 is 2.13 bits per heavy atom. The Bertz CT molecular complexity index is 318. The topological polar surface area (TPSA) is 63.3 Å². The fourth-order valence-corrected chi connectivity index (χ4v) is 4.93. The molecule has 4 heteroatoms. The van der Waals surface area contributed by atoms with Gasteiger partial charge in [0.15, 0.2) is 0 Å². The van der Waals surface area contributed by atoms with Crippen LogP contribution in [-0.4, -0.2) is 21.4 Å². The summed E-state index contributed by atoms with van der Waals surface area (Å²) in [7, 11) is 0. The maximum absolute atomic E-state index is 11.2. The van der Waals surface area contributed by atoms with Crippen LogP contribution in [0.25, 0.3) is 0 Å². The molecule has 3 N–H and O–H groups in total. The highest BCUT2D eigenvalue weighted by Crippen LogP contribution is 2.69. The number of aliphatic hydroxyl groups is 1. The van der Waals surface area contributed by atoms with Crippen LogP contribution in [0, 0.1) is 10.8 Å². The first-order valence-electron chi connectivity index (χ1n) is 5.39. The smallest absolute Gasteiger partial charge is 0.217 e. The predicted molar refractivity (Wildman–Crippen MR) is 61.5 cm³/mol. The lowest BCUT2D eigenvalue weighted by molar-refractivity contribution is -0.123. The zero-order valence-corrected chi connectivity index (χ0v) is 10.8. The third-order valence-electron chi connectivity index (χ3n) is 4.70. The van der Waals surface area contributed by atoms with E-state index in [0.717, 1.165) is 19.3 Å². The summed E-state index contributed by atoms with van der Waals surface area (Å²) in [4.78, 5) is 11.2. The molecule has 2 aliphatic rings. The minimum Gasteiger partial charge on any atom is -0.391 e. The number of hydrogen-bond acceptors (Lipinski definition) is 2. The Hall–Kier alpha value is -0.0900. The van der Waals surface area contributed by atoms with Crippen LogP contribution >= 0.6 is 15.9 Å². The van der Waals surface area contributed by atoms with Crippen LogP contribution in [-0.2, 0) is 4.79 Å². The van der Waals surface area contributed by atoms with E-state index in [-0.39, 0.29) is 21.1 Å². The number of nitrogens with two attached hydrogens (primary N) is 1. The molecule has 3 nitrogen and oxygen atoms in total. The quantitative estimate of drug-likeness (QED) is 0.752. The van der Waals surface area contributed by atoms with Gasteiger partial charge >= 0.3 is 0 Å².